The van der Waals surface area contributed by atoms with E-state index in [1.54, 1.807) is 26.8 Å². The number of aromatic nitrogens is 4. The van der Waals surface area contributed by atoms with E-state index in [4.69, 9.17) is 16.3 Å². The molecule has 4 rings (SSSR count). The highest BCUT2D eigenvalue weighted by Crippen LogP contribution is 2.39. The van der Waals surface area contributed by atoms with Gasteiger partial charge in [0, 0.05) is 34.6 Å². The van der Waals surface area contributed by atoms with Gasteiger partial charge in [-0.15, -0.1) is 0 Å². The van der Waals surface area contributed by atoms with Crippen molar-refractivity contribution in [1.29, 1.82) is 0 Å². The SMILES string of the molecule is CC(C)(C)OC(=O)N(c1nc(-c2cccc([N+](=O)[O-])c2)ns1)c1ccc2c(cnn2C(=O)O)c1Cl. The van der Waals surface area contributed by atoms with Crippen LogP contribution in [0.1, 0.15) is 20.8 Å². The van der Waals surface area contributed by atoms with Crippen LogP contribution in [0.2, 0.25) is 5.02 Å². The standard InChI is InChI=1S/C21H17ClN6O6S/c1-21(2,3)34-20(31)26(15-8-7-14-13(16(15)22)10-23-27(14)19(29)30)18-24-17(25-35-18)11-5-4-6-12(9-11)28(32)33/h4-10H,1-3H3,(H,29,30). The van der Waals surface area contributed by atoms with Gasteiger partial charge in [-0.05, 0) is 32.9 Å². The molecule has 1 N–H and O–H groups in total. The van der Waals surface area contributed by atoms with Gasteiger partial charge >= 0.3 is 12.2 Å². The zero-order valence-electron chi connectivity index (χ0n) is 18.5. The van der Waals surface area contributed by atoms with Crippen molar-refractivity contribution in [2.24, 2.45) is 0 Å². The van der Waals surface area contributed by atoms with Crippen molar-refractivity contribution in [1.82, 2.24) is 19.1 Å². The first-order valence-electron chi connectivity index (χ1n) is 9.97. The molecule has 2 aromatic carbocycles. The number of halogens is 1. The minimum absolute atomic E-state index is 0.0490. The first kappa shape index (κ1) is 24.0. The summed E-state index contributed by atoms with van der Waals surface area (Å²) >= 11 is 7.45. The summed E-state index contributed by atoms with van der Waals surface area (Å²) in [4.78, 5) is 40.8. The Bertz CT molecular complexity index is 1480. The predicted molar refractivity (Wildman–Crippen MR) is 129 cm³/mol. The highest BCUT2D eigenvalue weighted by atomic mass is 35.5. The van der Waals surface area contributed by atoms with Crippen molar-refractivity contribution < 1.29 is 24.4 Å². The number of fused-ring (bicyclic) bond motifs is 1. The second kappa shape index (κ2) is 8.92. The Morgan fingerprint density at radius 2 is 2.00 bits per heavy atom. The molecule has 0 atom stereocenters. The molecule has 0 unspecified atom stereocenters. The summed E-state index contributed by atoms with van der Waals surface area (Å²) in [6.45, 7) is 5.08. The first-order valence-corrected chi connectivity index (χ1v) is 11.1. The van der Waals surface area contributed by atoms with E-state index in [1.807, 2.05) is 0 Å². The molecule has 0 bridgehead atoms. The molecule has 0 saturated heterocycles. The van der Waals surface area contributed by atoms with Crippen LogP contribution in [-0.2, 0) is 4.74 Å². The Labute approximate surface area is 206 Å². The fraction of sp³-hybridized carbons (Fsp3) is 0.190. The van der Waals surface area contributed by atoms with E-state index < -0.39 is 22.7 Å². The van der Waals surface area contributed by atoms with E-state index in [0.717, 1.165) is 21.1 Å². The van der Waals surface area contributed by atoms with Gasteiger partial charge < -0.3 is 9.84 Å². The fourth-order valence-corrected chi connectivity index (χ4v) is 4.14. The maximum Gasteiger partial charge on any atom is 0.432 e. The summed E-state index contributed by atoms with van der Waals surface area (Å²) in [5.41, 5.74) is -0.208. The van der Waals surface area contributed by atoms with Gasteiger partial charge in [-0.25, -0.2) is 14.5 Å². The van der Waals surface area contributed by atoms with Gasteiger partial charge in [0.15, 0.2) is 5.82 Å². The highest BCUT2D eigenvalue weighted by Gasteiger charge is 2.30. The molecule has 0 saturated carbocycles. The van der Waals surface area contributed by atoms with Gasteiger partial charge in [-0.1, -0.05) is 23.7 Å². The van der Waals surface area contributed by atoms with Crippen molar-refractivity contribution in [2.75, 3.05) is 4.90 Å². The number of hydrogen-bond donors (Lipinski definition) is 1. The van der Waals surface area contributed by atoms with Crippen molar-refractivity contribution in [3.63, 3.8) is 0 Å². The van der Waals surface area contributed by atoms with Gasteiger partial charge in [0.25, 0.3) is 5.69 Å². The number of amides is 1. The zero-order chi connectivity index (χ0) is 25.5. The predicted octanol–water partition coefficient (Wildman–Crippen LogP) is 5.72. The molecular weight excluding hydrogens is 500 g/mol. The molecule has 0 aliphatic rings. The van der Waals surface area contributed by atoms with Gasteiger partial charge in [0.1, 0.15) is 5.60 Å². The normalized spacial score (nSPS) is 11.4. The number of anilines is 2. The van der Waals surface area contributed by atoms with Gasteiger partial charge in [0.2, 0.25) is 5.13 Å². The van der Waals surface area contributed by atoms with Crippen molar-refractivity contribution >= 4 is 62.7 Å². The van der Waals surface area contributed by atoms with Crippen LogP contribution < -0.4 is 4.90 Å². The molecule has 0 fully saturated rings. The number of hydrogen-bond acceptors (Lipinski definition) is 9. The number of carbonyl (C=O) groups excluding carboxylic acids is 1. The smallest absolute Gasteiger partial charge is 0.432 e. The summed E-state index contributed by atoms with van der Waals surface area (Å²) in [6, 6.07) is 8.68. The van der Waals surface area contributed by atoms with Crippen molar-refractivity contribution in [2.45, 2.75) is 26.4 Å². The Morgan fingerprint density at radius 1 is 1.26 bits per heavy atom. The number of rotatable bonds is 4. The van der Waals surface area contributed by atoms with Crippen LogP contribution in [0.25, 0.3) is 22.3 Å². The molecule has 180 valence electrons. The average Bonchev–Trinajstić information content (AvgIpc) is 3.42. The molecule has 0 radical (unpaired) electrons. The highest BCUT2D eigenvalue weighted by molar-refractivity contribution is 7.10. The van der Waals surface area contributed by atoms with Gasteiger partial charge in [-0.3, -0.25) is 10.1 Å². The van der Waals surface area contributed by atoms with Crippen LogP contribution in [0.4, 0.5) is 26.1 Å². The van der Waals surface area contributed by atoms with Crippen LogP contribution in [0.3, 0.4) is 0 Å². The molecule has 35 heavy (non-hydrogen) atoms. The number of nitrogens with zero attached hydrogens (tertiary/aromatic N) is 6. The maximum atomic E-state index is 13.2. The van der Waals surface area contributed by atoms with Gasteiger partial charge in [-0.2, -0.15) is 19.1 Å². The Balaban J connectivity index is 1.83. The molecule has 2 heterocycles. The Hall–Kier alpha value is -4.10. The number of nitro groups is 1. The fourth-order valence-electron chi connectivity index (χ4n) is 3.15. The third-order valence-electron chi connectivity index (χ3n) is 4.59. The molecule has 0 aliphatic carbocycles. The number of ether oxygens (including phenoxy) is 1. The monoisotopic (exact) mass is 516 g/mol. The summed E-state index contributed by atoms with van der Waals surface area (Å²) in [6.07, 6.45) is -0.818. The largest absolute Gasteiger partial charge is 0.463 e. The average molecular weight is 517 g/mol. The van der Waals surface area contributed by atoms with Crippen molar-refractivity contribution in [3.8, 4) is 11.4 Å². The van der Waals surface area contributed by atoms with E-state index in [1.165, 1.54) is 36.5 Å². The molecular formula is C21H17ClN6O6S. The van der Waals surface area contributed by atoms with E-state index in [2.05, 4.69) is 14.5 Å². The number of nitro benzene ring substituents is 1. The summed E-state index contributed by atoms with van der Waals surface area (Å²) in [5.74, 6) is 0.165. The number of carboxylic acid groups (broad SMARTS) is 1. The molecule has 14 heteroatoms. The molecule has 2 aromatic heterocycles. The van der Waals surface area contributed by atoms with E-state index >= 15 is 0 Å². The lowest BCUT2D eigenvalue weighted by Gasteiger charge is -2.26. The second-order valence-electron chi connectivity index (χ2n) is 8.19. The van der Waals surface area contributed by atoms with E-state index in [9.17, 15) is 24.8 Å². The molecule has 1 amide bonds. The molecule has 0 aliphatic heterocycles. The Morgan fingerprint density at radius 3 is 2.66 bits per heavy atom. The van der Waals surface area contributed by atoms with Crippen LogP contribution >= 0.6 is 23.1 Å². The summed E-state index contributed by atoms with van der Waals surface area (Å²) in [5, 5.41) is 24.7. The van der Waals surface area contributed by atoms with E-state index in [0.29, 0.717) is 10.9 Å². The lowest BCUT2D eigenvalue weighted by molar-refractivity contribution is -0.384. The minimum Gasteiger partial charge on any atom is -0.463 e. The topological polar surface area (TPSA) is 154 Å². The molecule has 4 aromatic rings. The Kier molecular flexibility index (Phi) is 6.13. The lowest BCUT2D eigenvalue weighted by Crippen LogP contribution is -2.34. The summed E-state index contributed by atoms with van der Waals surface area (Å²) in [7, 11) is 0. The van der Waals surface area contributed by atoms with Crippen LogP contribution in [0.15, 0.2) is 42.6 Å². The summed E-state index contributed by atoms with van der Waals surface area (Å²) < 4.78 is 10.6. The number of non-ortho nitro benzene ring substituents is 1. The third kappa shape index (κ3) is 4.76. The lowest BCUT2D eigenvalue weighted by atomic mass is 10.2. The zero-order valence-corrected chi connectivity index (χ0v) is 20.1. The second-order valence-corrected chi connectivity index (χ2v) is 9.30. The number of benzene rings is 2. The maximum absolute atomic E-state index is 13.2. The third-order valence-corrected chi connectivity index (χ3v) is 5.69. The van der Waals surface area contributed by atoms with Crippen molar-refractivity contribution in [3.05, 3.63) is 57.7 Å². The van der Waals surface area contributed by atoms with Crippen LogP contribution in [0, 0.1) is 10.1 Å². The van der Waals surface area contributed by atoms with Crippen LogP contribution in [-0.4, -0.2) is 47.0 Å². The minimum atomic E-state index is -1.29. The van der Waals surface area contributed by atoms with Crippen LogP contribution in [0.5, 0.6) is 0 Å². The number of carbonyl (C=O) groups is 2. The van der Waals surface area contributed by atoms with E-state index in [-0.39, 0.29) is 32.9 Å². The van der Waals surface area contributed by atoms with Gasteiger partial charge in [0.05, 0.1) is 27.3 Å². The first-order chi connectivity index (χ1) is 16.5. The molecule has 12 nitrogen and oxygen atoms in total. The molecule has 0 spiro atoms. The quantitative estimate of drug-likeness (QED) is 0.265.